The molecule has 0 aromatic carbocycles. The molecule has 0 rings (SSSR count). The summed E-state index contributed by atoms with van der Waals surface area (Å²) in [5.41, 5.74) is 0. The van der Waals surface area contributed by atoms with Crippen molar-refractivity contribution in [1.82, 2.24) is 0 Å². The van der Waals surface area contributed by atoms with Gasteiger partial charge in [0.25, 0.3) is 0 Å². The van der Waals surface area contributed by atoms with E-state index in [0.29, 0.717) is 0 Å². The normalized spacial score (nSPS) is 19.2. The zero-order valence-corrected chi connectivity index (χ0v) is 5.42. The average Bonchev–Trinajstić information content (AvgIpc) is 0.650. The summed E-state index contributed by atoms with van der Waals surface area (Å²) in [6.07, 6.45) is 0. The second-order valence-corrected chi connectivity index (χ2v) is 9.11. The maximum atomic E-state index is 5.07. The van der Waals surface area contributed by atoms with Gasteiger partial charge in [0.2, 0.25) is 0 Å². The van der Waals surface area contributed by atoms with Crippen LogP contribution in [0.4, 0.5) is 0 Å². The van der Waals surface area contributed by atoms with Crippen LogP contribution >= 0.6 is 9.53 Å². The fraction of sp³-hybridized carbons (Fsp3) is 0. The molecule has 0 spiro atoms. The quantitative estimate of drug-likeness (QED) is 0.346. The van der Waals surface area contributed by atoms with E-state index >= 15 is 0 Å². The molecule has 0 aliphatic rings. The van der Waals surface area contributed by atoms with Crippen LogP contribution in [0.15, 0.2) is 0 Å². The van der Waals surface area contributed by atoms with Crippen molar-refractivity contribution in [2.24, 2.45) is 17.5 Å². The van der Waals surface area contributed by atoms with E-state index in [1.54, 1.807) is 0 Å². The number of nitrogens with two attached hydrogens (primary N) is 4. The van der Waals surface area contributed by atoms with Crippen LogP contribution in [0.3, 0.4) is 0 Å². The van der Waals surface area contributed by atoms with Gasteiger partial charge in [0.05, 0.1) is 0 Å². The van der Waals surface area contributed by atoms with Gasteiger partial charge < -0.3 is 0 Å². The average molecular weight is 207 g/mol. The molecule has 0 radical (unpaired) electrons. The Hall–Kier alpha value is 0.792. The molecule has 0 saturated heterocycles. The molecule has 0 fully saturated rings. The summed E-state index contributed by atoms with van der Waals surface area (Å²) in [5.74, 6) is 0. The third-order valence-corrected chi connectivity index (χ3v) is 0. The van der Waals surface area contributed by atoms with Crippen molar-refractivity contribution in [3.05, 3.63) is 0 Å². The molecule has 6 heavy (non-hydrogen) atoms. The van der Waals surface area contributed by atoms with Gasteiger partial charge in [-0.1, -0.05) is 0 Å². The Bertz CT molecular complexity index is 40.7. The molecular weight excluding hydrogens is 198 g/mol. The minimum absolute atomic E-state index is 3.93. The van der Waals surface area contributed by atoms with Gasteiger partial charge in [-0.25, -0.2) is 0 Å². The predicted molar refractivity (Wildman–Crippen MR) is 24.0 cm³/mol. The van der Waals surface area contributed by atoms with Crippen molar-refractivity contribution < 1.29 is 14.3 Å². The van der Waals surface area contributed by atoms with Gasteiger partial charge in [-0.05, 0) is 0 Å². The molecule has 0 aliphatic heterocycles. The summed E-state index contributed by atoms with van der Waals surface area (Å²) < 4.78 is 19.5. The Morgan fingerprint density at radius 1 is 1.00 bits per heavy atom. The van der Waals surface area contributed by atoms with Gasteiger partial charge in [-0.15, -0.1) is 0 Å². The van der Waals surface area contributed by atoms with E-state index in [-0.39, 0.29) is 0 Å². The van der Waals surface area contributed by atoms with Crippen LogP contribution in [-0.2, 0) is 14.3 Å². The van der Waals surface area contributed by atoms with E-state index in [2.05, 4.69) is 0 Å². The summed E-state index contributed by atoms with van der Waals surface area (Å²) in [6, 6.07) is 0. The Balaban J connectivity index is 3.73. The molecule has 0 atom stereocenters. The van der Waals surface area contributed by atoms with E-state index in [1.807, 2.05) is 0 Å². The predicted octanol–water partition coefficient (Wildman–Crippen LogP) is -1.94. The van der Waals surface area contributed by atoms with Crippen molar-refractivity contribution >= 4 is 9.53 Å². The first kappa shape index (κ1) is 6.79. The van der Waals surface area contributed by atoms with Crippen molar-refractivity contribution in [3.63, 3.8) is 0 Å². The van der Waals surface area contributed by atoms with E-state index < -0.39 is 14.3 Å². The number of hydrogen-bond acceptors (Lipinski definition) is 4. The van der Waals surface area contributed by atoms with E-state index in [0.717, 1.165) is 0 Å². The van der Waals surface area contributed by atoms with Crippen molar-refractivity contribution in [2.75, 3.05) is 0 Å². The van der Waals surface area contributed by atoms with Crippen LogP contribution < -0.4 is 17.5 Å². The Morgan fingerprint density at radius 2 is 1.00 bits per heavy atom. The summed E-state index contributed by atoms with van der Waals surface area (Å²) in [7, 11) is 5.07. The van der Waals surface area contributed by atoms with E-state index in [4.69, 9.17) is 27.0 Å². The van der Waals surface area contributed by atoms with Crippen LogP contribution in [0, 0.1) is 0 Å². The summed E-state index contributed by atoms with van der Waals surface area (Å²) >= 11 is -3.93. The first-order valence-corrected chi connectivity index (χ1v) is 6.79. The standard InChI is InChI=1S/ClH.4H2N.Pd.H/h1H;4*1H2;;/q;4*-1;+5;/p-1. The van der Waals surface area contributed by atoms with Gasteiger partial charge in [-0.2, -0.15) is 0 Å². The van der Waals surface area contributed by atoms with Crippen LogP contribution in [-0.4, -0.2) is 0 Å². The molecule has 0 saturated carbocycles. The first-order valence-electron chi connectivity index (χ1n) is 0.896. The van der Waals surface area contributed by atoms with Crippen molar-refractivity contribution in [3.8, 4) is 0 Å². The molecule has 6 heteroatoms. The molecule has 0 aliphatic carbocycles. The van der Waals surface area contributed by atoms with Crippen molar-refractivity contribution in [1.29, 1.82) is 0 Å². The first-order chi connectivity index (χ1) is 2.24. The maximum absolute atomic E-state index is 5.07. The van der Waals surface area contributed by atoms with Crippen LogP contribution in [0.5, 0.6) is 0 Å². The van der Waals surface area contributed by atoms with Gasteiger partial charge in [0.1, 0.15) is 0 Å². The fourth-order valence-electron chi connectivity index (χ4n) is 0. The number of rotatable bonds is 0. The molecule has 0 amide bonds. The molecule has 0 aromatic heterocycles. The van der Waals surface area contributed by atoms with E-state index in [1.165, 1.54) is 0 Å². The number of halogens is 1. The van der Waals surface area contributed by atoms with Gasteiger partial charge in [-0.3, -0.25) is 0 Å². The monoisotopic (exact) mass is 206 g/mol. The fourth-order valence-corrected chi connectivity index (χ4v) is 0. The Morgan fingerprint density at radius 3 is 1.00 bits per heavy atom. The second kappa shape index (κ2) is 1.14. The van der Waals surface area contributed by atoms with Crippen molar-refractivity contribution in [2.45, 2.75) is 0 Å². The van der Waals surface area contributed by atoms with Gasteiger partial charge >= 0.3 is 41.3 Å². The molecule has 8 N–H and O–H groups in total. The SMILES string of the molecule is [NH2][PdH]([NH2])([NH2])([NH2])[Cl]. The molecule has 46 valence electrons. The Kier molecular flexibility index (Phi) is 1.29. The summed E-state index contributed by atoms with van der Waals surface area (Å²) in [6.45, 7) is 0. The zero-order chi connectivity index (χ0) is 5.45. The third-order valence-electron chi connectivity index (χ3n) is 0. The second-order valence-electron chi connectivity index (χ2n) is 0.958. The summed E-state index contributed by atoms with van der Waals surface area (Å²) in [4.78, 5) is 0. The molecule has 0 bridgehead atoms. The molecule has 0 aromatic rings. The molecular formula is H9ClN4Pd. The molecule has 0 heterocycles. The molecule has 0 unspecified atom stereocenters. The zero-order valence-electron chi connectivity index (χ0n) is 3.02. The molecule has 4 nitrogen and oxygen atoms in total. The van der Waals surface area contributed by atoms with Crippen LogP contribution in [0.1, 0.15) is 0 Å². The Labute approximate surface area is 41.7 Å². The minimum atomic E-state index is -3.93. The van der Waals surface area contributed by atoms with Crippen LogP contribution in [0.25, 0.3) is 0 Å². The topological polar surface area (TPSA) is 104 Å². The number of hydrogen-bond donors (Lipinski definition) is 4. The van der Waals surface area contributed by atoms with Gasteiger partial charge in [0.15, 0.2) is 0 Å². The van der Waals surface area contributed by atoms with E-state index in [9.17, 15) is 0 Å². The van der Waals surface area contributed by atoms with Crippen LogP contribution in [0.2, 0.25) is 0 Å². The third kappa shape index (κ3) is 110. The van der Waals surface area contributed by atoms with Gasteiger partial charge in [0, 0.05) is 0 Å². The summed E-state index contributed by atoms with van der Waals surface area (Å²) in [5, 5.41) is 0.